The first kappa shape index (κ1) is 25.0. The highest BCUT2D eigenvalue weighted by Gasteiger charge is 2.25. The number of furan rings is 1. The second-order valence-electron chi connectivity index (χ2n) is 8.70. The summed E-state index contributed by atoms with van der Waals surface area (Å²) in [6.07, 6.45) is 5.13. The lowest BCUT2D eigenvalue weighted by atomic mass is 10.2. The van der Waals surface area contributed by atoms with Crippen LogP contribution in [0.1, 0.15) is 46.0 Å². The fraction of sp³-hybridized carbons (Fsp3) is 0.400. The van der Waals surface area contributed by atoms with Crippen LogP contribution in [0, 0.1) is 0 Å². The number of rotatable bonds is 10. The molecule has 1 aromatic carbocycles. The van der Waals surface area contributed by atoms with Gasteiger partial charge in [-0.15, -0.1) is 0 Å². The average molecular weight is 495 g/mol. The van der Waals surface area contributed by atoms with Crippen LogP contribution in [-0.4, -0.2) is 31.6 Å². The van der Waals surface area contributed by atoms with Crippen molar-refractivity contribution < 1.29 is 9.21 Å². The van der Waals surface area contributed by atoms with Crippen molar-refractivity contribution in [3.63, 3.8) is 0 Å². The first-order valence-electron chi connectivity index (χ1n) is 12.2. The van der Waals surface area contributed by atoms with Crippen molar-refractivity contribution in [2.24, 2.45) is 0 Å². The number of aromatic amines is 1. The van der Waals surface area contributed by atoms with Crippen LogP contribution in [-0.2, 0) is 17.9 Å². The second-order valence-corrected chi connectivity index (χ2v) is 8.70. The molecule has 11 heteroatoms. The van der Waals surface area contributed by atoms with Gasteiger partial charge in [0.25, 0.3) is 11.1 Å². The average Bonchev–Trinajstić information content (AvgIpc) is 3.24. The fourth-order valence-corrected chi connectivity index (χ4v) is 4.22. The predicted molar refractivity (Wildman–Crippen MR) is 138 cm³/mol. The van der Waals surface area contributed by atoms with Crippen LogP contribution in [0.15, 0.2) is 49.4 Å². The summed E-state index contributed by atoms with van der Waals surface area (Å²) < 4.78 is 8.12. The molecule has 3 N–H and O–H groups in total. The third kappa shape index (κ3) is 4.68. The molecule has 0 aliphatic heterocycles. The number of nitrogen functional groups attached to an aromatic ring is 1. The summed E-state index contributed by atoms with van der Waals surface area (Å²) >= 11 is 0. The standard InChI is InChI=1S/C25H30N6O5/c1-3-5-9-13-30(20-22(26)31(12-6-4-2)25(35)28-23(20)33)18(32)14-29-15-27-19-16-10-7-8-11-17(16)36-21(19)24(29)34/h7-8,10-11,15H,3-6,9,12-14,26H2,1-2H3,(H,28,33,35). The Hall–Kier alpha value is -4.15. The molecule has 0 atom stereocenters. The van der Waals surface area contributed by atoms with E-state index in [-0.39, 0.29) is 30.2 Å². The van der Waals surface area contributed by atoms with E-state index in [1.165, 1.54) is 15.8 Å². The number of amides is 1. The molecule has 0 saturated carbocycles. The van der Waals surface area contributed by atoms with E-state index in [0.717, 1.165) is 23.8 Å². The van der Waals surface area contributed by atoms with Gasteiger partial charge in [-0.3, -0.25) is 28.5 Å². The summed E-state index contributed by atoms with van der Waals surface area (Å²) in [5, 5.41) is 0.706. The Labute approximate surface area is 206 Å². The summed E-state index contributed by atoms with van der Waals surface area (Å²) in [5.74, 6) is -0.594. The van der Waals surface area contributed by atoms with Crippen LogP contribution in [0.5, 0.6) is 0 Å². The topological polar surface area (TPSA) is 149 Å². The van der Waals surface area contributed by atoms with Crippen LogP contribution in [0.4, 0.5) is 11.5 Å². The first-order valence-corrected chi connectivity index (χ1v) is 12.2. The van der Waals surface area contributed by atoms with Crippen LogP contribution in [0.25, 0.3) is 22.1 Å². The lowest BCUT2D eigenvalue weighted by molar-refractivity contribution is -0.119. The second kappa shape index (κ2) is 10.6. The molecular formula is C25H30N6O5. The summed E-state index contributed by atoms with van der Waals surface area (Å²) in [7, 11) is 0. The highest BCUT2D eigenvalue weighted by Crippen LogP contribution is 2.24. The number of nitrogens with zero attached hydrogens (tertiary/aromatic N) is 4. The molecule has 0 radical (unpaired) electrons. The molecule has 4 rings (SSSR count). The SMILES string of the molecule is CCCCCN(C(=O)Cn1cnc2c(oc3ccccc32)c1=O)c1c(N)n(CCCC)c(=O)[nH]c1=O. The highest BCUT2D eigenvalue weighted by molar-refractivity contribution is 6.02. The summed E-state index contributed by atoms with van der Waals surface area (Å²) in [6.45, 7) is 4.14. The molecule has 0 spiro atoms. The van der Waals surface area contributed by atoms with E-state index in [1.807, 2.05) is 19.9 Å². The third-order valence-electron chi connectivity index (χ3n) is 6.16. The molecule has 190 valence electrons. The maximum atomic E-state index is 13.5. The maximum absolute atomic E-state index is 13.5. The molecule has 36 heavy (non-hydrogen) atoms. The van der Waals surface area contributed by atoms with E-state index < -0.39 is 22.7 Å². The number of nitrogens with one attached hydrogen (secondary N) is 1. The summed E-state index contributed by atoms with van der Waals surface area (Å²) in [6, 6.07) is 7.16. The Morgan fingerprint density at radius 2 is 1.86 bits per heavy atom. The number of hydrogen-bond donors (Lipinski definition) is 2. The Kier molecular flexibility index (Phi) is 7.37. The molecule has 0 aliphatic rings. The van der Waals surface area contributed by atoms with E-state index in [0.29, 0.717) is 35.9 Å². The lowest BCUT2D eigenvalue weighted by Gasteiger charge is -2.25. The van der Waals surface area contributed by atoms with Gasteiger partial charge in [0, 0.05) is 18.5 Å². The van der Waals surface area contributed by atoms with Gasteiger partial charge in [0.15, 0.2) is 5.69 Å². The monoisotopic (exact) mass is 494 g/mol. The van der Waals surface area contributed by atoms with Gasteiger partial charge < -0.3 is 15.1 Å². The number of benzene rings is 1. The zero-order valence-electron chi connectivity index (χ0n) is 20.5. The van der Waals surface area contributed by atoms with Gasteiger partial charge in [0.1, 0.15) is 23.5 Å². The van der Waals surface area contributed by atoms with Gasteiger partial charge in [-0.1, -0.05) is 45.2 Å². The number of H-pyrrole nitrogens is 1. The van der Waals surface area contributed by atoms with E-state index in [4.69, 9.17) is 10.2 Å². The van der Waals surface area contributed by atoms with Gasteiger partial charge in [-0.05, 0) is 25.0 Å². The smallest absolute Gasteiger partial charge is 0.330 e. The molecule has 3 heterocycles. The van der Waals surface area contributed by atoms with Crippen LogP contribution in [0.2, 0.25) is 0 Å². The molecule has 1 amide bonds. The number of aromatic nitrogens is 4. The van der Waals surface area contributed by atoms with Crippen molar-refractivity contribution in [2.45, 2.75) is 59.0 Å². The molecule has 0 unspecified atom stereocenters. The van der Waals surface area contributed by atoms with Gasteiger partial charge in [-0.25, -0.2) is 9.78 Å². The van der Waals surface area contributed by atoms with Gasteiger partial charge in [0.05, 0.1) is 6.33 Å². The number of anilines is 2. The largest absolute Gasteiger partial charge is 0.448 e. The Morgan fingerprint density at radius 1 is 1.11 bits per heavy atom. The number of carbonyl (C=O) groups is 1. The maximum Gasteiger partial charge on any atom is 0.330 e. The number of hydrogen-bond acceptors (Lipinski definition) is 7. The molecular weight excluding hydrogens is 464 g/mol. The van der Waals surface area contributed by atoms with E-state index in [9.17, 15) is 19.2 Å². The van der Waals surface area contributed by atoms with Gasteiger partial charge in [-0.2, -0.15) is 0 Å². The van der Waals surface area contributed by atoms with Crippen molar-refractivity contribution in [1.29, 1.82) is 0 Å². The molecule has 0 fully saturated rings. The number of carbonyl (C=O) groups excluding carboxylic acids is 1. The van der Waals surface area contributed by atoms with E-state index in [1.54, 1.807) is 18.2 Å². The Balaban J connectivity index is 1.74. The highest BCUT2D eigenvalue weighted by atomic mass is 16.3. The molecule has 0 aliphatic carbocycles. The Morgan fingerprint density at radius 3 is 2.61 bits per heavy atom. The summed E-state index contributed by atoms with van der Waals surface area (Å²) in [4.78, 5) is 59.7. The minimum Gasteiger partial charge on any atom is -0.448 e. The molecule has 4 aromatic rings. The van der Waals surface area contributed by atoms with Crippen molar-refractivity contribution >= 4 is 39.5 Å². The van der Waals surface area contributed by atoms with Gasteiger partial charge >= 0.3 is 5.69 Å². The van der Waals surface area contributed by atoms with Crippen molar-refractivity contribution in [3.05, 3.63) is 61.8 Å². The molecule has 0 saturated heterocycles. The fourth-order valence-electron chi connectivity index (χ4n) is 4.22. The Bertz CT molecular complexity index is 1580. The van der Waals surface area contributed by atoms with E-state index >= 15 is 0 Å². The minimum absolute atomic E-state index is 0.0505. The third-order valence-corrected chi connectivity index (χ3v) is 6.16. The normalized spacial score (nSPS) is 11.4. The number of unbranched alkanes of at least 4 members (excludes halogenated alkanes) is 3. The predicted octanol–water partition coefficient (Wildman–Crippen LogP) is 2.60. The van der Waals surface area contributed by atoms with Crippen LogP contribution < -0.4 is 27.4 Å². The first-order chi connectivity index (χ1) is 17.4. The minimum atomic E-state index is -0.742. The number of fused-ring (bicyclic) bond motifs is 3. The molecule has 0 bridgehead atoms. The molecule has 11 nitrogen and oxygen atoms in total. The quantitative estimate of drug-likeness (QED) is 0.322. The van der Waals surface area contributed by atoms with Crippen molar-refractivity contribution in [2.75, 3.05) is 17.2 Å². The van der Waals surface area contributed by atoms with E-state index in [2.05, 4.69) is 9.97 Å². The van der Waals surface area contributed by atoms with Crippen LogP contribution in [0.3, 0.4) is 0 Å². The van der Waals surface area contributed by atoms with Crippen molar-refractivity contribution in [1.82, 2.24) is 19.1 Å². The van der Waals surface area contributed by atoms with Gasteiger partial charge in [0.2, 0.25) is 11.5 Å². The van der Waals surface area contributed by atoms with Crippen molar-refractivity contribution in [3.8, 4) is 0 Å². The number of nitrogens with two attached hydrogens (primary N) is 1. The lowest BCUT2D eigenvalue weighted by Crippen LogP contribution is -2.43. The zero-order valence-corrected chi connectivity index (χ0v) is 20.5. The van der Waals surface area contributed by atoms with Crippen LogP contribution >= 0.6 is 0 Å². The zero-order chi connectivity index (χ0) is 25.8. The summed E-state index contributed by atoms with van der Waals surface area (Å²) in [5.41, 5.74) is 5.30. The molecule has 3 aromatic heterocycles. The number of para-hydroxylation sites is 1.